The minimum Gasteiger partial charge on any atom is -0.477 e. The Labute approximate surface area is 142 Å². The molecular weight excluding hydrogens is 357 g/mol. The van der Waals surface area contributed by atoms with Gasteiger partial charge in [0, 0.05) is 26.2 Å². The lowest BCUT2D eigenvalue weighted by atomic mass is 10.4. The zero-order valence-corrected chi connectivity index (χ0v) is 14.1. The van der Waals surface area contributed by atoms with Crippen molar-refractivity contribution in [3.05, 3.63) is 41.2 Å². The van der Waals surface area contributed by atoms with Gasteiger partial charge in [-0.15, -0.1) is 0 Å². The summed E-state index contributed by atoms with van der Waals surface area (Å²) in [6.07, 6.45) is 1.29. The van der Waals surface area contributed by atoms with Crippen molar-refractivity contribution in [3.8, 4) is 0 Å². The molecule has 3 rings (SSSR count). The van der Waals surface area contributed by atoms with Gasteiger partial charge >= 0.3 is 5.97 Å². The van der Waals surface area contributed by atoms with Gasteiger partial charge in [-0.3, -0.25) is 0 Å². The van der Waals surface area contributed by atoms with E-state index >= 15 is 0 Å². The van der Waals surface area contributed by atoms with E-state index in [1.807, 2.05) is 4.90 Å². The third-order valence-electron chi connectivity index (χ3n) is 3.65. The third kappa shape index (κ3) is 3.25. The Balaban J connectivity index is 1.71. The van der Waals surface area contributed by atoms with Crippen molar-refractivity contribution >= 4 is 32.5 Å². The number of halogens is 1. The van der Waals surface area contributed by atoms with Crippen molar-refractivity contribution in [3.63, 3.8) is 0 Å². The molecule has 0 amide bonds. The van der Waals surface area contributed by atoms with Crippen LogP contribution in [0.5, 0.6) is 0 Å². The van der Waals surface area contributed by atoms with E-state index in [1.165, 1.54) is 28.7 Å². The van der Waals surface area contributed by atoms with Crippen LogP contribution in [0.2, 0.25) is 0 Å². The largest absolute Gasteiger partial charge is 0.477 e. The van der Waals surface area contributed by atoms with Crippen molar-refractivity contribution in [1.82, 2.24) is 9.29 Å². The number of thiazole rings is 1. The second-order valence-electron chi connectivity index (χ2n) is 5.16. The van der Waals surface area contributed by atoms with Gasteiger partial charge < -0.3 is 10.0 Å². The molecular formula is C14H14FN3O4S2. The van der Waals surface area contributed by atoms with Crippen LogP contribution in [0.3, 0.4) is 0 Å². The Bertz CT molecular complexity index is 860. The molecule has 0 unspecified atom stereocenters. The first kappa shape index (κ1) is 16.8. The molecule has 24 heavy (non-hydrogen) atoms. The number of nitrogens with zero attached hydrogens (tertiary/aromatic N) is 3. The number of aromatic carboxylic acids is 1. The molecule has 1 N–H and O–H groups in total. The first-order valence-electron chi connectivity index (χ1n) is 7.08. The Kier molecular flexibility index (Phi) is 4.52. The summed E-state index contributed by atoms with van der Waals surface area (Å²) in [6.45, 7) is 1.23. The zero-order chi connectivity index (χ0) is 17.3. The molecule has 0 radical (unpaired) electrons. The van der Waals surface area contributed by atoms with E-state index in [9.17, 15) is 17.6 Å². The smallest absolute Gasteiger partial charge is 0.347 e. The van der Waals surface area contributed by atoms with Gasteiger partial charge in [-0.05, 0) is 18.2 Å². The fourth-order valence-electron chi connectivity index (χ4n) is 2.41. The molecule has 0 bridgehead atoms. The van der Waals surface area contributed by atoms with Crippen molar-refractivity contribution < 1.29 is 22.7 Å². The van der Waals surface area contributed by atoms with Crippen LogP contribution < -0.4 is 4.90 Å². The SMILES string of the molecule is O=C(O)c1cnc(N2CCN(S(=O)(=O)c3cccc(F)c3)CC2)s1. The van der Waals surface area contributed by atoms with Crippen LogP contribution in [-0.4, -0.2) is 55.0 Å². The summed E-state index contributed by atoms with van der Waals surface area (Å²) in [7, 11) is -3.74. The van der Waals surface area contributed by atoms with Crippen LogP contribution in [0, 0.1) is 5.82 Å². The second kappa shape index (κ2) is 6.46. The number of sulfonamides is 1. The van der Waals surface area contributed by atoms with Crippen LogP contribution >= 0.6 is 11.3 Å². The van der Waals surface area contributed by atoms with Crippen LogP contribution in [0.1, 0.15) is 9.67 Å². The first-order chi connectivity index (χ1) is 11.4. The highest BCUT2D eigenvalue weighted by Crippen LogP contribution is 2.25. The summed E-state index contributed by atoms with van der Waals surface area (Å²) in [6, 6.07) is 4.92. The van der Waals surface area contributed by atoms with Crippen LogP contribution in [-0.2, 0) is 10.0 Å². The second-order valence-corrected chi connectivity index (χ2v) is 8.11. The number of hydrogen-bond donors (Lipinski definition) is 1. The lowest BCUT2D eigenvalue weighted by Crippen LogP contribution is -2.48. The number of rotatable bonds is 4. The predicted octanol–water partition coefficient (Wildman–Crippen LogP) is 1.49. The average Bonchev–Trinajstić information content (AvgIpc) is 3.05. The fraction of sp³-hybridized carbons (Fsp3) is 0.286. The van der Waals surface area contributed by atoms with Gasteiger partial charge in [-0.1, -0.05) is 17.4 Å². The standard InChI is InChI=1S/C14H14FN3O4S2/c15-10-2-1-3-11(8-10)24(21,22)18-6-4-17(5-7-18)14-16-9-12(23-14)13(19)20/h1-3,8-9H,4-7H2,(H,19,20). The van der Waals surface area contributed by atoms with Crippen LogP contribution in [0.15, 0.2) is 35.4 Å². The number of carbonyl (C=O) groups is 1. The molecule has 1 fully saturated rings. The maximum Gasteiger partial charge on any atom is 0.347 e. The molecule has 0 spiro atoms. The van der Waals surface area contributed by atoms with Crippen molar-refractivity contribution in [2.45, 2.75) is 4.90 Å². The number of carboxylic acids is 1. The monoisotopic (exact) mass is 371 g/mol. The predicted molar refractivity (Wildman–Crippen MR) is 86.4 cm³/mol. The molecule has 2 heterocycles. The summed E-state index contributed by atoms with van der Waals surface area (Å²) in [5.41, 5.74) is 0. The van der Waals surface area contributed by atoms with Crippen LogP contribution in [0.4, 0.5) is 9.52 Å². The molecule has 1 aromatic carbocycles. The topological polar surface area (TPSA) is 90.8 Å². The van der Waals surface area contributed by atoms with Crippen LogP contribution in [0.25, 0.3) is 0 Å². The summed E-state index contributed by atoms with van der Waals surface area (Å²) in [5.74, 6) is -1.63. The highest BCUT2D eigenvalue weighted by Gasteiger charge is 2.29. The highest BCUT2D eigenvalue weighted by atomic mass is 32.2. The molecule has 1 aliphatic rings. The van der Waals surface area contributed by atoms with E-state index in [1.54, 1.807) is 0 Å². The molecule has 10 heteroatoms. The van der Waals surface area contributed by atoms with E-state index in [4.69, 9.17) is 5.11 Å². The summed E-state index contributed by atoms with van der Waals surface area (Å²) < 4.78 is 39.6. The van der Waals surface area contributed by atoms with Gasteiger partial charge in [0.1, 0.15) is 10.7 Å². The van der Waals surface area contributed by atoms with E-state index < -0.39 is 21.8 Å². The maximum atomic E-state index is 13.3. The molecule has 0 atom stereocenters. The molecule has 1 saturated heterocycles. The Hall–Kier alpha value is -2.04. The molecule has 128 valence electrons. The number of benzene rings is 1. The van der Waals surface area contributed by atoms with Gasteiger partial charge in [-0.2, -0.15) is 4.31 Å². The number of anilines is 1. The van der Waals surface area contributed by atoms with E-state index in [-0.39, 0.29) is 22.9 Å². The lowest BCUT2D eigenvalue weighted by molar-refractivity contribution is 0.0702. The van der Waals surface area contributed by atoms with E-state index in [2.05, 4.69) is 4.98 Å². The Morgan fingerprint density at radius 2 is 1.96 bits per heavy atom. The van der Waals surface area contributed by atoms with Gasteiger partial charge in [0.25, 0.3) is 0 Å². The molecule has 1 aromatic heterocycles. The quantitative estimate of drug-likeness (QED) is 0.876. The molecule has 1 aliphatic heterocycles. The number of carboxylic acid groups (broad SMARTS) is 1. The minimum atomic E-state index is -3.74. The number of piperazine rings is 1. The van der Waals surface area contributed by atoms with Gasteiger partial charge in [0.15, 0.2) is 5.13 Å². The molecule has 2 aromatic rings. The van der Waals surface area contributed by atoms with E-state index in [0.29, 0.717) is 18.2 Å². The van der Waals surface area contributed by atoms with Gasteiger partial charge in [0.05, 0.1) is 11.1 Å². The normalized spacial score (nSPS) is 16.3. The summed E-state index contributed by atoms with van der Waals surface area (Å²) in [5, 5.41) is 9.48. The maximum absolute atomic E-state index is 13.3. The minimum absolute atomic E-state index is 0.0710. The number of hydrogen-bond acceptors (Lipinski definition) is 6. The molecule has 0 saturated carbocycles. The third-order valence-corrected chi connectivity index (χ3v) is 6.59. The molecule has 7 nitrogen and oxygen atoms in total. The first-order valence-corrected chi connectivity index (χ1v) is 9.33. The molecule has 0 aliphatic carbocycles. The van der Waals surface area contributed by atoms with Gasteiger partial charge in [0.2, 0.25) is 10.0 Å². The van der Waals surface area contributed by atoms with Crippen molar-refractivity contribution in [1.29, 1.82) is 0 Å². The fourth-order valence-corrected chi connectivity index (χ4v) is 4.67. The lowest BCUT2D eigenvalue weighted by Gasteiger charge is -2.33. The van der Waals surface area contributed by atoms with Crippen molar-refractivity contribution in [2.75, 3.05) is 31.1 Å². The average molecular weight is 371 g/mol. The zero-order valence-electron chi connectivity index (χ0n) is 12.4. The highest BCUT2D eigenvalue weighted by molar-refractivity contribution is 7.89. The van der Waals surface area contributed by atoms with E-state index in [0.717, 1.165) is 17.4 Å². The summed E-state index contributed by atoms with van der Waals surface area (Å²) >= 11 is 1.05. The van der Waals surface area contributed by atoms with Crippen molar-refractivity contribution in [2.24, 2.45) is 0 Å². The Morgan fingerprint density at radius 3 is 2.54 bits per heavy atom. The Morgan fingerprint density at radius 1 is 1.25 bits per heavy atom. The number of aromatic nitrogens is 1. The summed E-state index contributed by atoms with van der Waals surface area (Å²) in [4.78, 5) is 16.9. The van der Waals surface area contributed by atoms with Gasteiger partial charge in [-0.25, -0.2) is 22.6 Å².